The molecular weight excluding hydrogens is 256 g/mol. The van der Waals surface area contributed by atoms with Gasteiger partial charge in [-0.2, -0.15) is 0 Å². The zero-order chi connectivity index (χ0) is 15.1. The van der Waals surface area contributed by atoms with E-state index in [4.69, 9.17) is 0 Å². The molecule has 1 saturated heterocycles. The van der Waals surface area contributed by atoms with Gasteiger partial charge in [0, 0.05) is 19.3 Å². The third kappa shape index (κ3) is 4.32. The van der Waals surface area contributed by atoms with Gasteiger partial charge in [0.25, 0.3) is 0 Å². The molecule has 0 amide bonds. The van der Waals surface area contributed by atoms with Crippen LogP contribution in [0.25, 0.3) is 0 Å². The van der Waals surface area contributed by atoms with E-state index in [0.717, 1.165) is 30.4 Å². The molecule has 0 unspecified atom stereocenters. The first-order valence-electron chi connectivity index (χ1n) is 7.87. The Morgan fingerprint density at radius 2 is 1.90 bits per heavy atom. The second kappa shape index (κ2) is 7.82. The van der Waals surface area contributed by atoms with Crippen LogP contribution in [0.2, 0.25) is 0 Å². The van der Waals surface area contributed by atoms with Crippen LogP contribution in [0.3, 0.4) is 0 Å². The van der Waals surface area contributed by atoms with Crippen molar-refractivity contribution in [3.63, 3.8) is 0 Å². The van der Waals surface area contributed by atoms with Gasteiger partial charge in [-0.1, -0.05) is 43.0 Å². The van der Waals surface area contributed by atoms with E-state index < -0.39 is 0 Å². The molecule has 0 N–H and O–H groups in total. The van der Waals surface area contributed by atoms with Crippen LogP contribution >= 0.6 is 0 Å². The number of nitrogens with zero attached hydrogens (tertiary/aromatic N) is 2. The highest BCUT2D eigenvalue weighted by molar-refractivity contribution is 5.56. The van der Waals surface area contributed by atoms with Crippen LogP contribution in [0.15, 0.2) is 59.4 Å². The average Bonchev–Trinajstić information content (AvgIpc) is 2.54. The Labute approximate surface area is 128 Å². The van der Waals surface area contributed by atoms with Gasteiger partial charge in [-0.05, 0) is 44.6 Å². The Hall–Kier alpha value is -1.83. The molecule has 1 aliphatic rings. The Morgan fingerprint density at radius 1 is 1.24 bits per heavy atom. The van der Waals surface area contributed by atoms with Crippen molar-refractivity contribution in [2.45, 2.75) is 33.1 Å². The van der Waals surface area contributed by atoms with E-state index in [0.29, 0.717) is 0 Å². The van der Waals surface area contributed by atoms with Crippen molar-refractivity contribution in [1.29, 1.82) is 0 Å². The van der Waals surface area contributed by atoms with Gasteiger partial charge in [0.2, 0.25) is 0 Å². The fraction of sp³-hybridized carbons (Fsp3) is 0.421. The van der Waals surface area contributed by atoms with Gasteiger partial charge >= 0.3 is 0 Å². The predicted molar refractivity (Wildman–Crippen MR) is 91.5 cm³/mol. The maximum atomic E-state index is 4.40. The maximum Gasteiger partial charge on any atom is 0.0810 e. The smallest absolute Gasteiger partial charge is 0.0810 e. The molecule has 1 heterocycles. The summed E-state index contributed by atoms with van der Waals surface area (Å²) in [6.45, 7) is 10.4. The van der Waals surface area contributed by atoms with E-state index in [-0.39, 0.29) is 0 Å². The summed E-state index contributed by atoms with van der Waals surface area (Å²) in [5.41, 5.74) is 3.52. The van der Waals surface area contributed by atoms with Crippen molar-refractivity contribution in [3.8, 4) is 0 Å². The number of rotatable bonds is 5. The van der Waals surface area contributed by atoms with Gasteiger partial charge < -0.3 is 4.90 Å². The molecule has 0 aromatic heterocycles. The monoisotopic (exact) mass is 282 g/mol. The topological polar surface area (TPSA) is 15.6 Å². The SMILES string of the molecule is C=C(/C(=C/C)N=CC)N1CCC(Cc2ccccc2)CC1. The van der Waals surface area contributed by atoms with Gasteiger partial charge in [0.15, 0.2) is 0 Å². The second-order valence-corrected chi connectivity index (χ2v) is 5.63. The van der Waals surface area contributed by atoms with Crippen LogP contribution < -0.4 is 0 Å². The number of piperidine rings is 1. The molecule has 1 aromatic carbocycles. The van der Waals surface area contributed by atoms with E-state index in [1.807, 2.05) is 26.1 Å². The summed E-state index contributed by atoms with van der Waals surface area (Å²) in [6, 6.07) is 10.8. The fourth-order valence-corrected chi connectivity index (χ4v) is 2.97. The fourth-order valence-electron chi connectivity index (χ4n) is 2.97. The number of likely N-dealkylation sites (tertiary alicyclic amines) is 1. The summed E-state index contributed by atoms with van der Waals surface area (Å²) in [5.74, 6) is 0.792. The Morgan fingerprint density at radius 3 is 2.48 bits per heavy atom. The highest BCUT2D eigenvalue weighted by Crippen LogP contribution is 2.26. The third-order valence-corrected chi connectivity index (χ3v) is 4.20. The van der Waals surface area contributed by atoms with Crippen LogP contribution in [0.4, 0.5) is 0 Å². The van der Waals surface area contributed by atoms with Gasteiger partial charge in [0.05, 0.1) is 11.4 Å². The lowest BCUT2D eigenvalue weighted by Crippen LogP contribution is -2.33. The van der Waals surface area contributed by atoms with Crippen LogP contribution in [0.1, 0.15) is 32.3 Å². The van der Waals surface area contributed by atoms with Crippen LogP contribution in [-0.2, 0) is 6.42 Å². The number of aliphatic imine (C=N–C) groups is 1. The summed E-state index contributed by atoms with van der Waals surface area (Å²) < 4.78 is 0. The first-order chi connectivity index (χ1) is 10.2. The van der Waals surface area contributed by atoms with Gasteiger partial charge in [-0.15, -0.1) is 0 Å². The first-order valence-corrected chi connectivity index (χ1v) is 7.87. The number of allylic oxidation sites excluding steroid dienone is 1. The number of hydrogen-bond donors (Lipinski definition) is 0. The molecule has 2 heteroatoms. The zero-order valence-electron chi connectivity index (χ0n) is 13.3. The lowest BCUT2D eigenvalue weighted by atomic mass is 9.90. The van der Waals surface area contributed by atoms with Crippen molar-refractivity contribution in [3.05, 3.63) is 59.9 Å². The summed E-state index contributed by atoms with van der Waals surface area (Å²) >= 11 is 0. The van der Waals surface area contributed by atoms with Crippen LogP contribution in [-0.4, -0.2) is 24.2 Å². The van der Waals surface area contributed by atoms with Crippen molar-refractivity contribution < 1.29 is 0 Å². The summed E-state index contributed by atoms with van der Waals surface area (Å²) in [6.07, 6.45) is 7.55. The summed E-state index contributed by atoms with van der Waals surface area (Å²) in [4.78, 5) is 6.78. The second-order valence-electron chi connectivity index (χ2n) is 5.63. The molecule has 1 aliphatic heterocycles. The van der Waals surface area contributed by atoms with Gasteiger partial charge in [-0.3, -0.25) is 4.99 Å². The number of benzene rings is 1. The van der Waals surface area contributed by atoms with Crippen molar-refractivity contribution in [1.82, 2.24) is 4.90 Å². The molecule has 0 bridgehead atoms. The summed E-state index contributed by atoms with van der Waals surface area (Å²) in [5, 5.41) is 0. The zero-order valence-corrected chi connectivity index (χ0v) is 13.3. The van der Waals surface area contributed by atoms with Crippen LogP contribution in [0.5, 0.6) is 0 Å². The van der Waals surface area contributed by atoms with Gasteiger partial charge in [0.1, 0.15) is 0 Å². The molecule has 1 fully saturated rings. The predicted octanol–water partition coefficient (Wildman–Crippen LogP) is 4.45. The van der Waals surface area contributed by atoms with E-state index in [1.54, 1.807) is 0 Å². The molecule has 21 heavy (non-hydrogen) atoms. The molecule has 0 atom stereocenters. The van der Waals surface area contributed by atoms with Crippen molar-refractivity contribution in [2.24, 2.45) is 10.9 Å². The summed E-state index contributed by atoms with van der Waals surface area (Å²) in [7, 11) is 0. The third-order valence-electron chi connectivity index (χ3n) is 4.20. The van der Waals surface area contributed by atoms with E-state index in [1.165, 1.54) is 24.8 Å². The average molecular weight is 282 g/mol. The molecular formula is C19H26N2. The lowest BCUT2D eigenvalue weighted by molar-refractivity contribution is 0.229. The minimum atomic E-state index is 0.792. The van der Waals surface area contributed by atoms with Crippen LogP contribution in [0, 0.1) is 5.92 Å². The minimum absolute atomic E-state index is 0.792. The van der Waals surface area contributed by atoms with Crippen molar-refractivity contribution >= 4 is 6.21 Å². The molecule has 0 aliphatic carbocycles. The van der Waals surface area contributed by atoms with E-state index >= 15 is 0 Å². The highest BCUT2D eigenvalue weighted by Gasteiger charge is 2.21. The molecule has 0 radical (unpaired) electrons. The molecule has 2 rings (SSSR count). The molecule has 1 aromatic rings. The molecule has 0 saturated carbocycles. The number of hydrogen-bond acceptors (Lipinski definition) is 2. The highest BCUT2D eigenvalue weighted by atomic mass is 15.2. The lowest BCUT2D eigenvalue weighted by Gasteiger charge is -2.35. The quantitative estimate of drug-likeness (QED) is 0.575. The van der Waals surface area contributed by atoms with Crippen molar-refractivity contribution in [2.75, 3.05) is 13.1 Å². The Kier molecular flexibility index (Phi) is 5.79. The van der Waals surface area contributed by atoms with Gasteiger partial charge in [-0.25, -0.2) is 0 Å². The molecule has 2 nitrogen and oxygen atoms in total. The molecule has 112 valence electrons. The maximum absolute atomic E-state index is 4.40. The largest absolute Gasteiger partial charge is 0.370 e. The minimum Gasteiger partial charge on any atom is -0.370 e. The molecule has 0 spiro atoms. The van der Waals surface area contributed by atoms with E-state index in [9.17, 15) is 0 Å². The van der Waals surface area contributed by atoms with E-state index in [2.05, 4.69) is 46.8 Å². The first kappa shape index (κ1) is 15.6. The Balaban J connectivity index is 1.87. The Bertz CT molecular complexity index is 506. The standard InChI is InChI=1S/C19H26N2/c1-4-19(20-5-2)16(3)21-13-11-18(12-14-21)15-17-9-7-6-8-10-17/h4-10,18H,3,11-15H2,1-2H3/b19-4-,20-5?. The normalized spacial score (nSPS) is 17.4.